The Morgan fingerprint density at radius 3 is 2.85 bits per heavy atom. The zero-order valence-corrected chi connectivity index (χ0v) is 11.9. The van der Waals surface area contributed by atoms with Crippen LogP contribution in [-0.4, -0.2) is 35.7 Å². The summed E-state index contributed by atoms with van der Waals surface area (Å²) in [7, 11) is 0. The maximum Gasteiger partial charge on any atom is 0.310 e. The van der Waals surface area contributed by atoms with E-state index < -0.39 is 11.4 Å². The molecule has 1 N–H and O–H groups in total. The first-order valence-corrected chi connectivity index (χ1v) is 6.81. The van der Waals surface area contributed by atoms with Gasteiger partial charge >= 0.3 is 5.97 Å². The van der Waals surface area contributed by atoms with Gasteiger partial charge in [0.25, 0.3) is 0 Å². The van der Waals surface area contributed by atoms with Gasteiger partial charge in [-0.05, 0) is 44.5 Å². The lowest BCUT2D eigenvalue weighted by atomic mass is 9.90. The highest BCUT2D eigenvalue weighted by Crippen LogP contribution is 2.31. The normalized spacial score (nSPS) is 22.9. The van der Waals surface area contributed by atoms with Gasteiger partial charge in [0.1, 0.15) is 0 Å². The Morgan fingerprint density at radius 2 is 2.30 bits per heavy atom. The predicted molar refractivity (Wildman–Crippen MR) is 73.2 cm³/mol. The Bertz CT molecular complexity index is 506. The molecule has 0 saturated carbocycles. The number of hydrogen-bond donors (Lipinski definition) is 1. The molecular weight excluding hydrogens is 261 g/mol. The smallest absolute Gasteiger partial charge is 0.310 e. The quantitative estimate of drug-likeness (QED) is 0.901. The molecule has 1 aromatic rings. The lowest BCUT2D eigenvalue weighted by Gasteiger charge is -2.20. The molecule has 4 nitrogen and oxygen atoms in total. The van der Waals surface area contributed by atoms with Crippen molar-refractivity contribution in [1.29, 1.82) is 0 Å². The van der Waals surface area contributed by atoms with Crippen LogP contribution in [0.4, 0.5) is 4.39 Å². The summed E-state index contributed by atoms with van der Waals surface area (Å²) in [4.78, 5) is 13.2. The van der Waals surface area contributed by atoms with Crippen LogP contribution in [0.1, 0.15) is 25.8 Å². The number of rotatable bonds is 5. The molecule has 1 aliphatic rings. The van der Waals surface area contributed by atoms with Crippen molar-refractivity contribution in [2.75, 3.05) is 19.7 Å². The van der Waals surface area contributed by atoms with E-state index in [1.807, 2.05) is 17.9 Å². The van der Waals surface area contributed by atoms with Gasteiger partial charge < -0.3 is 9.84 Å². The average Bonchev–Trinajstić information content (AvgIpc) is 2.76. The first-order chi connectivity index (χ1) is 9.44. The number of carbonyl (C=O) groups is 1. The molecule has 1 heterocycles. The number of carboxylic acid groups (broad SMARTS) is 1. The van der Waals surface area contributed by atoms with Crippen LogP contribution >= 0.6 is 0 Å². The Morgan fingerprint density at radius 1 is 1.55 bits per heavy atom. The fourth-order valence-electron chi connectivity index (χ4n) is 2.54. The third-order valence-electron chi connectivity index (χ3n) is 3.77. The van der Waals surface area contributed by atoms with Crippen LogP contribution in [0.2, 0.25) is 0 Å². The second kappa shape index (κ2) is 5.79. The van der Waals surface area contributed by atoms with Gasteiger partial charge in [0.2, 0.25) is 0 Å². The number of hydrogen-bond acceptors (Lipinski definition) is 3. The molecular formula is C15H20FNO3. The Hall–Kier alpha value is -1.62. The number of carboxylic acids is 1. The van der Waals surface area contributed by atoms with E-state index in [1.165, 1.54) is 6.07 Å². The van der Waals surface area contributed by atoms with E-state index in [-0.39, 0.29) is 11.6 Å². The molecule has 1 fully saturated rings. The minimum atomic E-state index is -0.766. The summed E-state index contributed by atoms with van der Waals surface area (Å²) < 4.78 is 18.9. The molecule has 1 aromatic carbocycles. The molecule has 5 heteroatoms. The van der Waals surface area contributed by atoms with Crippen molar-refractivity contribution in [2.45, 2.75) is 26.8 Å². The van der Waals surface area contributed by atoms with Crippen LogP contribution in [0.5, 0.6) is 5.75 Å². The van der Waals surface area contributed by atoms with E-state index in [4.69, 9.17) is 4.74 Å². The number of ether oxygens (including phenoxy) is 1. The standard InChI is InChI=1S/C15H20FNO3/c1-3-20-13-5-4-11(8-12(13)16)9-17-7-6-15(2,10-17)14(18)19/h4-5,8H,3,6-7,9-10H2,1-2H3,(H,18,19). The molecule has 0 amide bonds. The molecule has 0 aliphatic carbocycles. The minimum Gasteiger partial charge on any atom is -0.491 e. The number of benzene rings is 1. The van der Waals surface area contributed by atoms with Crippen molar-refractivity contribution in [3.8, 4) is 5.75 Å². The van der Waals surface area contributed by atoms with E-state index >= 15 is 0 Å². The number of nitrogens with zero attached hydrogens (tertiary/aromatic N) is 1. The summed E-state index contributed by atoms with van der Waals surface area (Å²) in [6.07, 6.45) is 0.627. The molecule has 20 heavy (non-hydrogen) atoms. The SMILES string of the molecule is CCOc1ccc(CN2CCC(C)(C(=O)O)C2)cc1F. The summed E-state index contributed by atoms with van der Waals surface area (Å²) in [5.41, 5.74) is 0.143. The van der Waals surface area contributed by atoms with Crippen molar-refractivity contribution in [2.24, 2.45) is 5.41 Å². The number of likely N-dealkylation sites (tertiary alicyclic amines) is 1. The molecule has 110 valence electrons. The largest absolute Gasteiger partial charge is 0.491 e. The Labute approximate surface area is 118 Å². The number of aliphatic carboxylic acids is 1. The number of halogens is 1. The lowest BCUT2D eigenvalue weighted by molar-refractivity contribution is -0.147. The topological polar surface area (TPSA) is 49.8 Å². The van der Waals surface area contributed by atoms with Gasteiger partial charge in [0, 0.05) is 13.1 Å². The molecule has 2 rings (SSSR count). The second-order valence-electron chi connectivity index (χ2n) is 5.52. The average molecular weight is 281 g/mol. The van der Waals surface area contributed by atoms with Gasteiger partial charge in [-0.15, -0.1) is 0 Å². The van der Waals surface area contributed by atoms with Crippen LogP contribution in [0.25, 0.3) is 0 Å². The summed E-state index contributed by atoms with van der Waals surface area (Å²) >= 11 is 0. The van der Waals surface area contributed by atoms with Crippen molar-refractivity contribution in [1.82, 2.24) is 4.90 Å². The highest BCUT2D eigenvalue weighted by Gasteiger charge is 2.40. The zero-order valence-electron chi connectivity index (χ0n) is 11.9. The van der Waals surface area contributed by atoms with E-state index in [0.717, 1.165) is 12.1 Å². The van der Waals surface area contributed by atoms with E-state index in [2.05, 4.69) is 0 Å². The van der Waals surface area contributed by atoms with Crippen LogP contribution in [-0.2, 0) is 11.3 Å². The lowest BCUT2D eigenvalue weighted by Crippen LogP contribution is -2.31. The molecule has 1 aliphatic heterocycles. The van der Waals surface area contributed by atoms with E-state index in [1.54, 1.807) is 13.0 Å². The van der Waals surface area contributed by atoms with Crippen LogP contribution in [0.15, 0.2) is 18.2 Å². The highest BCUT2D eigenvalue weighted by molar-refractivity contribution is 5.74. The van der Waals surface area contributed by atoms with Crippen molar-refractivity contribution in [3.05, 3.63) is 29.6 Å². The maximum atomic E-state index is 13.8. The van der Waals surface area contributed by atoms with Crippen molar-refractivity contribution < 1.29 is 19.0 Å². The van der Waals surface area contributed by atoms with E-state index in [9.17, 15) is 14.3 Å². The van der Waals surface area contributed by atoms with Gasteiger partial charge in [-0.3, -0.25) is 9.69 Å². The first kappa shape index (κ1) is 14.8. The fourth-order valence-corrected chi connectivity index (χ4v) is 2.54. The van der Waals surface area contributed by atoms with Crippen LogP contribution in [0, 0.1) is 11.2 Å². The first-order valence-electron chi connectivity index (χ1n) is 6.81. The molecule has 1 atom stereocenters. The van der Waals surface area contributed by atoms with Gasteiger partial charge in [0.15, 0.2) is 11.6 Å². The van der Waals surface area contributed by atoms with Gasteiger partial charge in [-0.1, -0.05) is 6.07 Å². The third-order valence-corrected chi connectivity index (χ3v) is 3.77. The molecule has 1 saturated heterocycles. The maximum absolute atomic E-state index is 13.8. The van der Waals surface area contributed by atoms with E-state index in [0.29, 0.717) is 26.1 Å². The monoisotopic (exact) mass is 281 g/mol. The van der Waals surface area contributed by atoms with Crippen molar-refractivity contribution in [3.63, 3.8) is 0 Å². The third kappa shape index (κ3) is 3.10. The second-order valence-corrected chi connectivity index (χ2v) is 5.52. The Balaban J connectivity index is 2.01. The predicted octanol–water partition coefficient (Wildman–Crippen LogP) is 2.52. The van der Waals surface area contributed by atoms with Gasteiger partial charge in [-0.25, -0.2) is 4.39 Å². The Kier molecular flexibility index (Phi) is 4.28. The summed E-state index contributed by atoms with van der Waals surface area (Å²) in [6.45, 7) is 5.78. The molecule has 0 spiro atoms. The van der Waals surface area contributed by atoms with Crippen LogP contribution < -0.4 is 4.74 Å². The zero-order chi connectivity index (χ0) is 14.8. The van der Waals surface area contributed by atoms with Crippen LogP contribution in [0.3, 0.4) is 0 Å². The van der Waals surface area contributed by atoms with Gasteiger partial charge in [0.05, 0.1) is 12.0 Å². The molecule has 0 radical (unpaired) electrons. The van der Waals surface area contributed by atoms with Crippen molar-refractivity contribution >= 4 is 5.97 Å². The highest BCUT2D eigenvalue weighted by atomic mass is 19.1. The fraction of sp³-hybridized carbons (Fsp3) is 0.533. The minimum absolute atomic E-state index is 0.257. The molecule has 0 bridgehead atoms. The summed E-state index contributed by atoms with van der Waals surface area (Å²) in [5.74, 6) is -0.879. The molecule has 0 aromatic heterocycles. The summed E-state index contributed by atoms with van der Waals surface area (Å²) in [6, 6.07) is 4.91. The summed E-state index contributed by atoms with van der Waals surface area (Å²) in [5, 5.41) is 9.19. The molecule has 1 unspecified atom stereocenters. The van der Waals surface area contributed by atoms with Gasteiger partial charge in [-0.2, -0.15) is 0 Å².